The quantitative estimate of drug-likeness (QED) is 0.571. The van der Waals surface area contributed by atoms with Crippen molar-refractivity contribution in [3.8, 4) is 5.69 Å². The fourth-order valence-electron chi connectivity index (χ4n) is 2.66. The van der Waals surface area contributed by atoms with Crippen LogP contribution in [0.25, 0.3) is 5.69 Å². The first kappa shape index (κ1) is 19.8. The summed E-state index contributed by atoms with van der Waals surface area (Å²) in [6.45, 7) is 2.15. The maximum atomic E-state index is 12.8. The molecule has 2 aromatic carbocycles. The molecule has 0 amide bonds. The van der Waals surface area contributed by atoms with Crippen molar-refractivity contribution in [2.75, 3.05) is 13.7 Å². The fraction of sp³-hybridized carbons (Fsp3) is 0.200. The van der Waals surface area contributed by atoms with E-state index in [9.17, 15) is 13.2 Å². The van der Waals surface area contributed by atoms with Gasteiger partial charge in [-0.3, -0.25) is 0 Å². The smallest absolute Gasteiger partial charge is 0.338 e. The fourth-order valence-corrected chi connectivity index (χ4v) is 3.82. The van der Waals surface area contributed by atoms with Crippen molar-refractivity contribution in [1.82, 2.24) is 14.1 Å². The van der Waals surface area contributed by atoms with E-state index < -0.39 is 16.0 Å². The van der Waals surface area contributed by atoms with Crippen LogP contribution in [0.2, 0.25) is 0 Å². The van der Waals surface area contributed by atoms with Gasteiger partial charge < -0.3 is 4.74 Å². The second-order valence-electron chi connectivity index (χ2n) is 6.13. The number of ether oxygens (including phenoxy) is 1. The average molecular weight is 399 g/mol. The number of carbonyl (C=O) groups excluding carboxylic acids is 1. The van der Waals surface area contributed by atoms with Gasteiger partial charge in [0.1, 0.15) is 0 Å². The lowest BCUT2D eigenvalue weighted by atomic mass is 10.2. The van der Waals surface area contributed by atoms with Gasteiger partial charge in [0, 0.05) is 25.4 Å². The van der Waals surface area contributed by atoms with Crippen molar-refractivity contribution in [3.63, 3.8) is 0 Å². The van der Waals surface area contributed by atoms with E-state index in [0.717, 1.165) is 11.3 Å². The van der Waals surface area contributed by atoms with Gasteiger partial charge in [-0.25, -0.2) is 17.9 Å². The second-order valence-corrected chi connectivity index (χ2v) is 8.18. The number of nitrogens with zero attached hydrogens (tertiary/aromatic N) is 3. The Kier molecular flexibility index (Phi) is 5.91. The minimum absolute atomic E-state index is 0.110. The summed E-state index contributed by atoms with van der Waals surface area (Å²) in [5.74, 6) is -0.479. The zero-order valence-electron chi connectivity index (χ0n) is 15.6. The van der Waals surface area contributed by atoms with E-state index in [2.05, 4.69) is 5.10 Å². The number of esters is 1. The van der Waals surface area contributed by atoms with Gasteiger partial charge in [-0.1, -0.05) is 18.2 Å². The van der Waals surface area contributed by atoms with E-state index in [-0.39, 0.29) is 18.0 Å². The van der Waals surface area contributed by atoms with E-state index in [1.165, 1.54) is 35.6 Å². The molecule has 146 valence electrons. The van der Waals surface area contributed by atoms with Crippen LogP contribution in [0.4, 0.5) is 0 Å². The highest BCUT2D eigenvalue weighted by Crippen LogP contribution is 2.18. The molecule has 3 rings (SSSR count). The van der Waals surface area contributed by atoms with Crippen molar-refractivity contribution in [3.05, 3.63) is 78.1 Å². The lowest BCUT2D eigenvalue weighted by Crippen LogP contribution is -2.26. The van der Waals surface area contributed by atoms with E-state index in [0.29, 0.717) is 5.56 Å². The van der Waals surface area contributed by atoms with Gasteiger partial charge >= 0.3 is 5.97 Å². The van der Waals surface area contributed by atoms with Crippen LogP contribution in [0, 0.1) is 0 Å². The number of sulfonamides is 1. The summed E-state index contributed by atoms with van der Waals surface area (Å²) < 4.78 is 33.5. The Morgan fingerprint density at radius 1 is 1.11 bits per heavy atom. The van der Waals surface area contributed by atoms with E-state index in [4.69, 9.17) is 4.74 Å². The second kappa shape index (κ2) is 8.37. The van der Waals surface area contributed by atoms with Crippen LogP contribution >= 0.6 is 0 Å². The maximum Gasteiger partial charge on any atom is 0.338 e. The average Bonchev–Trinajstić information content (AvgIpc) is 3.17. The van der Waals surface area contributed by atoms with Crippen LogP contribution in [0.1, 0.15) is 22.8 Å². The Balaban J connectivity index is 1.74. The molecule has 8 heteroatoms. The van der Waals surface area contributed by atoms with E-state index in [1.807, 2.05) is 30.3 Å². The highest BCUT2D eigenvalue weighted by molar-refractivity contribution is 7.89. The molecule has 0 fully saturated rings. The molecular formula is C20H21N3O4S. The first-order valence-corrected chi connectivity index (χ1v) is 10.2. The molecule has 0 aliphatic heterocycles. The molecule has 0 spiro atoms. The minimum atomic E-state index is -3.70. The summed E-state index contributed by atoms with van der Waals surface area (Å²) in [5, 5.41) is 4.29. The Morgan fingerprint density at radius 2 is 1.79 bits per heavy atom. The van der Waals surface area contributed by atoms with Gasteiger partial charge in [-0.15, -0.1) is 0 Å². The summed E-state index contributed by atoms with van der Waals surface area (Å²) in [6, 6.07) is 15.3. The van der Waals surface area contributed by atoms with Gasteiger partial charge in [0.15, 0.2) is 0 Å². The van der Waals surface area contributed by atoms with Gasteiger partial charge in [0.05, 0.1) is 29.0 Å². The van der Waals surface area contributed by atoms with Crippen molar-refractivity contribution >= 4 is 16.0 Å². The third-order valence-electron chi connectivity index (χ3n) is 4.14. The van der Waals surface area contributed by atoms with Crippen LogP contribution in [0.5, 0.6) is 0 Å². The van der Waals surface area contributed by atoms with Crippen molar-refractivity contribution in [2.45, 2.75) is 18.4 Å². The SMILES string of the molecule is CCOC(=O)c1ccc(S(=O)(=O)N(C)Cc2cnn(-c3ccccc3)c2)cc1. The Morgan fingerprint density at radius 3 is 2.43 bits per heavy atom. The van der Waals surface area contributed by atoms with Gasteiger partial charge in [-0.2, -0.15) is 9.40 Å². The highest BCUT2D eigenvalue weighted by Gasteiger charge is 2.22. The zero-order valence-corrected chi connectivity index (χ0v) is 16.5. The summed E-state index contributed by atoms with van der Waals surface area (Å²) >= 11 is 0. The summed E-state index contributed by atoms with van der Waals surface area (Å²) in [6.07, 6.45) is 3.44. The van der Waals surface area contributed by atoms with E-state index in [1.54, 1.807) is 24.0 Å². The zero-order chi connectivity index (χ0) is 20.1. The molecule has 7 nitrogen and oxygen atoms in total. The molecule has 0 saturated heterocycles. The minimum Gasteiger partial charge on any atom is -0.462 e. The number of rotatable bonds is 7. The molecule has 1 aromatic heterocycles. The van der Waals surface area contributed by atoms with Crippen LogP contribution in [0.15, 0.2) is 71.9 Å². The van der Waals surface area contributed by atoms with Crippen molar-refractivity contribution in [2.24, 2.45) is 0 Å². The number of carbonyl (C=O) groups is 1. The third kappa shape index (κ3) is 4.29. The lowest BCUT2D eigenvalue weighted by Gasteiger charge is -2.16. The first-order chi connectivity index (χ1) is 13.4. The summed E-state index contributed by atoms with van der Waals surface area (Å²) in [7, 11) is -2.19. The Labute approximate surface area is 164 Å². The van der Waals surface area contributed by atoms with Crippen LogP contribution in [-0.2, 0) is 21.3 Å². The number of hydrogen-bond donors (Lipinski definition) is 0. The third-order valence-corrected chi connectivity index (χ3v) is 5.95. The molecule has 0 radical (unpaired) electrons. The highest BCUT2D eigenvalue weighted by atomic mass is 32.2. The van der Waals surface area contributed by atoms with Crippen LogP contribution in [0.3, 0.4) is 0 Å². The molecule has 0 N–H and O–H groups in total. The van der Waals surface area contributed by atoms with Gasteiger partial charge in [0.2, 0.25) is 10.0 Å². The molecule has 0 atom stereocenters. The molecule has 0 bridgehead atoms. The summed E-state index contributed by atoms with van der Waals surface area (Å²) in [4.78, 5) is 11.8. The normalized spacial score (nSPS) is 11.5. The molecule has 1 heterocycles. The predicted molar refractivity (Wildman–Crippen MR) is 105 cm³/mol. The number of aromatic nitrogens is 2. The topological polar surface area (TPSA) is 81.5 Å². The molecule has 0 unspecified atom stereocenters. The van der Waals surface area contributed by atoms with Crippen molar-refractivity contribution in [1.29, 1.82) is 0 Å². The van der Waals surface area contributed by atoms with Gasteiger partial charge in [-0.05, 0) is 43.3 Å². The molecule has 0 saturated carbocycles. The molecule has 0 aliphatic rings. The molecule has 28 heavy (non-hydrogen) atoms. The first-order valence-electron chi connectivity index (χ1n) is 8.74. The Hall–Kier alpha value is -2.97. The number of benzene rings is 2. The van der Waals surface area contributed by atoms with E-state index >= 15 is 0 Å². The lowest BCUT2D eigenvalue weighted by molar-refractivity contribution is 0.0526. The van der Waals surface area contributed by atoms with Crippen LogP contribution in [-0.4, -0.2) is 42.1 Å². The van der Waals surface area contributed by atoms with Gasteiger partial charge in [0.25, 0.3) is 0 Å². The standard InChI is InChI=1S/C20H21N3O4S/c1-3-27-20(24)17-9-11-19(12-10-17)28(25,26)22(2)14-16-13-21-23(15-16)18-7-5-4-6-8-18/h4-13,15H,3,14H2,1-2H3. The largest absolute Gasteiger partial charge is 0.462 e. The summed E-state index contributed by atoms with van der Waals surface area (Å²) in [5.41, 5.74) is 1.97. The van der Waals surface area contributed by atoms with Crippen molar-refractivity contribution < 1.29 is 17.9 Å². The number of hydrogen-bond acceptors (Lipinski definition) is 5. The molecule has 0 aliphatic carbocycles. The monoisotopic (exact) mass is 399 g/mol. The maximum absolute atomic E-state index is 12.8. The Bertz CT molecular complexity index is 1040. The predicted octanol–water partition coefficient (Wildman–Crippen LogP) is 2.87. The molecular weight excluding hydrogens is 378 g/mol. The number of para-hydroxylation sites is 1. The molecule has 3 aromatic rings. The van der Waals surface area contributed by atoms with Crippen LogP contribution < -0.4 is 0 Å².